The Morgan fingerprint density at radius 1 is 1.56 bits per heavy atom. The van der Waals surface area contributed by atoms with Crippen molar-refractivity contribution in [3.63, 3.8) is 0 Å². The Kier molecular flexibility index (Phi) is 5.37. The summed E-state index contributed by atoms with van der Waals surface area (Å²) in [5.74, 6) is -0.274. The van der Waals surface area contributed by atoms with Gasteiger partial charge in [0.2, 0.25) is 6.73 Å². The van der Waals surface area contributed by atoms with Crippen molar-refractivity contribution in [3.8, 4) is 0 Å². The molecule has 7 heteroatoms. The van der Waals surface area contributed by atoms with Crippen molar-refractivity contribution in [2.75, 3.05) is 13.2 Å². The van der Waals surface area contributed by atoms with Crippen LogP contribution in [0.25, 0.3) is 0 Å². The molecule has 0 atom stereocenters. The van der Waals surface area contributed by atoms with Gasteiger partial charge in [0.1, 0.15) is 5.56 Å². The van der Waals surface area contributed by atoms with E-state index in [2.05, 4.69) is 10.2 Å². The molecule has 0 saturated carbocycles. The minimum Gasteiger partial charge on any atom is -0.349 e. The fourth-order valence-corrected chi connectivity index (χ4v) is 1.11. The molecule has 0 unspecified atom stereocenters. The van der Waals surface area contributed by atoms with Crippen molar-refractivity contribution in [1.29, 1.82) is 0 Å². The lowest BCUT2D eigenvalue weighted by molar-refractivity contribution is -0.730. The molecule has 0 aromatic carbocycles. The van der Waals surface area contributed by atoms with Crippen LogP contribution in [0.3, 0.4) is 0 Å². The topological polar surface area (TPSA) is 94.7 Å². The van der Waals surface area contributed by atoms with Crippen LogP contribution in [0.15, 0.2) is 24.5 Å². The number of aromatic nitrogens is 1. The highest BCUT2D eigenvalue weighted by molar-refractivity contribution is 5.93. The normalized spacial score (nSPS) is 10.1. The van der Waals surface area contributed by atoms with Crippen LogP contribution in [0.2, 0.25) is 0 Å². The fraction of sp³-hybridized carbons (Fsp3) is 0.333. The molecule has 7 nitrogen and oxygen atoms in total. The summed E-state index contributed by atoms with van der Waals surface area (Å²) in [4.78, 5) is 15.9. The zero-order valence-electron chi connectivity index (χ0n) is 8.59. The standard InChI is InChI=1S/C9H13N3O4/c13-7-12-4-1-2-8(6-12)9(14)10-3-5-16-11-15/h1-2,4,6,11,13,15H,3,5,7H2/p+1. The van der Waals surface area contributed by atoms with Crippen LogP contribution in [0.4, 0.5) is 0 Å². The SMILES string of the molecule is O=C(NCCONO)c1ccc[n+](CO)c1. The highest BCUT2D eigenvalue weighted by Gasteiger charge is 2.08. The molecule has 0 aliphatic carbocycles. The molecule has 0 aliphatic heterocycles. The van der Waals surface area contributed by atoms with E-state index >= 15 is 0 Å². The van der Waals surface area contributed by atoms with E-state index in [-0.39, 0.29) is 25.8 Å². The first-order chi connectivity index (χ1) is 7.77. The summed E-state index contributed by atoms with van der Waals surface area (Å²) in [5, 5.41) is 19.5. The number of carbonyl (C=O) groups is 1. The molecule has 0 spiro atoms. The van der Waals surface area contributed by atoms with E-state index in [1.165, 1.54) is 16.4 Å². The summed E-state index contributed by atoms with van der Waals surface area (Å²) in [6.07, 6.45) is 3.18. The summed E-state index contributed by atoms with van der Waals surface area (Å²) >= 11 is 0. The molecule has 1 amide bonds. The van der Waals surface area contributed by atoms with Crippen LogP contribution < -0.4 is 15.5 Å². The van der Waals surface area contributed by atoms with E-state index in [9.17, 15) is 4.79 Å². The van der Waals surface area contributed by atoms with Crippen molar-refractivity contribution in [2.24, 2.45) is 0 Å². The summed E-state index contributed by atoms with van der Waals surface area (Å²) in [6.45, 7) is 0.230. The van der Waals surface area contributed by atoms with Gasteiger partial charge in [0.15, 0.2) is 12.4 Å². The largest absolute Gasteiger partial charge is 0.349 e. The molecular formula is C9H14N3O4+. The molecule has 0 fully saturated rings. The predicted octanol–water partition coefficient (Wildman–Crippen LogP) is -1.44. The van der Waals surface area contributed by atoms with E-state index in [0.717, 1.165) is 0 Å². The molecule has 88 valence electrons. The summed E-state index contributed by atoms with van der Waals surface area (Å²) in [5.41, 5.74) is 1.95. The Morgan fingerprint density at radius 2 is 2.38 bits per heavy atom. The molecule has 4 N–H and O–H groups in total. The molecule has 1 heterocycles. The number of carbonyl (C=O) groups excluding carboxylic acids is 1. The first-order valence-corrected chi connectivity index (χ1v) is 4.67. The van der Waals surface area contributed by atoms with Crippen molar-refractivity contribution in [2.45, 2.75) is 6.73 Å². The van der Waals surface area contributed by atoms with E-state index in [1.807, 2.05) is 0 Å². The zero-order chi connectivity index (χ0) is 11.8. The quantitative estimate of drug-likeness (QED) is 0.272. The van der Waals surface area contributed by atoms with Gasteiger partial charge < -0.3 is 10.4 Å². The maximum atomic E-state index is 11.5. The van der Waals surface area contributed by atoms with Gasteiger partial charge in [-0.15, -0.1) is 0 Å². The first-order valence-electron chi connectivity index (χ1n) is 4.67. The number of aliphatic hydroxyl groups is 1. The lowest BCUT2D eigenvalue weighted by Crippen LogP contribution is -2.36. The highest BCUT2D eigenvalue weighted by Crippen LogP contribution is 1.93. The third kappa shape index (κ3) is 3.91. The van der Waals surface area contributed by atoms with Gasteiger partial charge in [0.05, 0.1) is 6.61 Å². The maximum absolute atomic E-state index is 11.5. The summed E-state index contributed by atoms with van der Waals surface area (Å²) < 4.78 is 1.47. The Morgan fingerprint density at radius 3 is 3.06 bits per heavy atom. The van der Waals surface area contributed by atoms with Gasteiger partial charge in [-0.3, -0.25) is 14.8 Å². The molecule has 1 rings (SSSR count). The number of nitrogens with zero attached hydrogens (tertiary/aromatic N) is 1. The molecule has 16 heavy (non-hydrogen) atoms. The van der Waals surface area contributed by atoms with Crippen molar-refractivity contribution < 1.29 is 24.5 Å². The molecule has 0 bridgehead atoms. The second-order valence-corrected chi connectivity index (χ2v) is 2.94. The van der Waals surface area contributed by atoms with Crippen LogP contribution >= 0.6 is 0 Å². The van der Waals surface area contributed by atoms with Crippen LogP contribution in [-0.4, -0.2) is 29.4 Å². The van der Waals surface area contributed by atoms with Crippen LogP contribution in [0.5, 0.6) is 0 Å². The average molecular weight is 228 g/mol. The Bertz CT molecular complexity index is 345. The second kappa shape index (κ2) is 6.85. The van der Waals surface area contributed by atoms with Crippen LogP contribution in [-0.2, 0) is 11.6 Å². The maximum Gasteiger partial charge on any atom is 0.257 e. The van der Waals surface area contributed by atoms with Gasteiger partial charge in [-0.25, -0.2) is 0 Å². The summed E-state index contributed by atoms with van der Waals surface area (Å²) in [6, 6.07) is 3.30. The average Bonchev–Trinajstić information content (AvgIpc) is 2.34. The van der Waals surface area contributed by atoms with Gasteiger partial charge in [-0.1, -0.05) is 5.64 Å². The molecule has 0 saturated heterocycles. The lowest BCUT2D eigenvalue weighted by Gasteiger charge is -2.03. The number of rotatable bonds is 6. The number of amides is 1. The molecule has 0 radical (unpaired) electrons. The monoisotopic (exact) mass is 228 g/mol. The van der Waals surface area contributed by atoms with Gasteiger partial charge in [0, 0.05) is 12.6 Å². The zero-order valence-corrected chi connectivity index (χ0v) is 8.59. The molecule has 1 aromatic rings. The highest BCUT2D eigenvalue weighted by atomic mass is 16.8. The Labute approximate surface area is 92.2 Å². The van der Waals surface area contributed by atoms with E-state index < -0.39 is 0 Å². The Balaban J connectivity index is 2.46. The number of pyridine rings is 1. The minimum absolute atomic E-state index is 0.148. The second-order valence-electron chi connectivity index (χ2n) is 2.94. The van der Waals surface area contributed by atoms with Gasteiger partial charge >= 0.3 is 0 Å². The van der Waals surface area contributed by atoms with Gasteiger partial charge in [0.25, 0.3) is 5.91 Å². The molecule has 1 aromatic heterocycles. The van der Waals surface area contributed by atoms with E-state index in [1.54, 1.807) is 18.3 Å². The van der Waals surface area contributed by atoms with Crippen LogP contribution in [0, 0.1) is 0 Å². The third-order valence-electron chi connectivity index (χ3n) is 1.84. The van der Waals surface area contributed by atoms with Crippen molar-refractivity contribution in [1.82, 2.24) is 11.0 Å². The van der Waals surface area contributed by atoms with Crippen LogP contribution in [0.1, 0.15) is 10.4 Å². The van der Waals surface area contributed by atoms with Gasteiger partial charge in [-0.2, -0.15) is 4.57 Å². The first kappa shape index (κ1) is 12.5. The predicted molar refractivity (Wildman–Crippen MR) is 52.1 cm³/mol. The number of hydrogen-bond acceptors (Lipinski definition) is 5. The number of aliphatic hydroxyl groups excluding tert-OH is 1. The number of hydrogen-bond donors (Lipinski definition) is 4. The fourth-order valence-electron chi connectivity index (χ4n) is 1.11. The smallest absolute Gasteiger partial charge is 0.257 e. The number of nitrogens with one attached hydrogen (secondary N) is 2. The van der Waals surface area contributed by atoms with Crippen molar-refractivity contribution >= 4 is 5.91 Å². The lowest BCUT2D eigenvalue weighted by atomic mass is 10.2. The minimum atomic E-state index is -0.274. The van der Waals surface area contributed by atoms with E-state index in [4.69, 9.17) is 10.3 Å². The van der Waals surface area contributed by atoms with Gasteiger partial charge in [-0.05, 0) is 6.07 Å². The third-order valence-corrected chi connectivity index (χ3v) is 1.84. The Hall–Kier alpha value is -1.54. The van der Waals surface area contributed by atoms with Crippen molar-refractivity contribution in [3.05, 3.63) is 30.1 Å². The van der Waals surface area contributed by atoms with E-state index in [0.29, 0.717) is 5.56 Å². The summed E-state index contributed by atoms with van der Waals surface area (Å²) in [7, 11) is 0. The molecule has 0 aliphatic rings. The molecular weight excluding hydrogens is 214 g/mol.